The van der Waals surface area contributed by atoms with Gasteiger partial charge in [-0.2, -0.15) is 0 Å². The van der Waals surface area contributed by atoms with Gasteiger partial charge < -0.3 is 0 Å². The van der Waals surface area contributed by atoms with Gasteiger partial charge in [0.05, 0.1) is 0 Å². The Morgan fingerprint density at radius 1 is 0.733 bits per heavy atom. The average molecular weight is 584 g/mol. The van der Waals surface area contributed by atoms with Crippen LogP contribution in [-0.4, -0.2) is 15.0 Å². The third-order valence-electron chi connectivity index (χ3n) is 11.0. The van der Waals surface area contributed by atoms with Crippen LogP contribution in [0.25, 0.3) is 33.9 Å². The Bertz CT molecular complexity index is 2010. The van der Waals surface area contributed by atoms with E-state index in [9.17, 15) is 0 Å². The van der Waals surface area contributed by atoms with E-state index in [1.165, 1.54) is 34.2 Å². The largest absolute Gasteiger partial charge is 0.209 e. The van der Waals surface area contributed by atoms with Crippen LogP contribution in [-0.2, 0) is 5.41 Å². The quantitative estimate of drug-likeness (QED) is 0.241. The van der Waals surface area contributed by atoms with Gasteiger partial charge in [-0.1, -0.05) is 129 Å². The number of hydrogen-bond acceptors (Lipinski definition) is 3. The summed E-state index contributed by atoms with van der Waals surface area (Å²) in [5.74, 6) is 4.04. The van der Waals surface area contributed by atoms with Crippen LogP contribution in [0, 0.1) is 17.8 Å². The molecule has 0 aliphatic heterocycles. The first-order chi connectivity index (χ1) is 22.1. The van der Waals surface area contributed by atoms with Crippen molar-refractivity contribution in [2.45, 2.75) is 50.9 Å². The summed E-state index contributed by atoms with van der Waals surface area (Å²) in [5, 5.41) is 0. The van der Waals surface area contributed by atoms with Gasteiger partial charge in [-0.3, -0.25) is 0 Å². The van der Waals surface area contributed by atoms with E-state index in [0.29, 0.717) is 23.7 Å². The molecule has 3 heteroatoms. The fourth-order valence-electron chi connectivity index (χ4n) is 8.97. The highest BCUT2D eigenvalue weighted by molar-refractivity contribution is 5.87. The molecule has 0 bridgehead atoms. The lowest BCUT2D eigenvalue weighted by molar-refractivity contribution is 0.408. The number of fused-ring (bicyclic) bond motifs is 9. The monoisotopic (exact) mass is 583 g/mol. The standard InChI is InChI=1S/C42H37N3/c1-26-20-22-33-34-23-21-29(40-43-39(28-13-4-3-5-14-28)44-41(45-40)30-15-7-6-12-27(30)2)25-38(34)42(37(33)24-26)35-18-10-8-16-31(35)32-17-9-11-19-36(32)42/h3-11,13-19,21,23,25-27,31,35H,12,20,22,24H2,1-2H3. The highest BCUT2D eigenvalue weighted by Gasteiger charge is 2.58. The second-order valence-electron chi connectivity index (χ2n) is 13.6. The summed E-state index contributed by atoms with van der Waals surface area (Å²) in [5.41, 5.74) is 12.2. The zero-order valence-electron chi connectivity index (χ0n) is 25.9. The van der Waals surface area contributed by atoms with E-state index in [4.69, 9.17) is 15.0 Å². The predicted octanol–water partition coefficient (Wildman–Crippen LogP) is 9.90. The topological polar surface area (TPSA) is 38.7 Å². The first kappa shape index (κ1) is 26.7. The van der Waals surface area contributed by atoms with Crippen molar-refractivity contribution in [3.05, 3.63) is 149 Å². The third kappa shape index (κ3) is 3.92. The number of benzene rings is 3. The second kappa shape index (κ2) is 10.2. The van der Waals surface area contributed by atoms with Gasteiger partial charge in [0.15, 0.2) is 17.5 Å². The molecule has 1 aromatic heterocycles. The number of rotatable bonds is 3. The molecule has 220 valence electrons. The van der Waals surface area contributed by atoms with Gasteiger partial charge in [0.25, 0.3) is 0 Å². The fourth-order valence-corrected chi connectivity index (χ4v) is 8.97. The van der Waals surface area contributed by atoms with Crippen LogP contribution in [0.2, 0.25) is 0 Å². The smallest absolute Gasteiger partial charge is 0.164 e. The van der Waals surface area contributed by atoms with Crippen molar-refractivity contribution in [3.8, 4) is 22.8 Å². The number of hydrogen-bond donors (Lipinski definition) is 0. The van der Waals surface area contributed by atoms with E-state index in [-0.39, 0.29) is 5.41 Å². The minimum Gasteiger partial charge on any atom is -0.209 e. The summed E-state index contributed by atoms with van der Waals surface area (Å²) >= 11 is 0. The first-order valence-corrected chi connectivity index (χ1v) is 16.6. The van der Waals surface area contributed by atoms with Crippen molar-refractivity contribution < 1.29 is 0 Å². The Morgan fingerprint density at radius 3 is 2.38 bits per heavy atom. The zero-order chi connectivity index (χ0) is 30.1. The van der Waals surface area contributed by atoms with E-state index in [1.807, 2.05) is 6.07 Å². The van der Waals surface area contributed by atoms with Gasteiger partial charge >= 0.3 is 0 Å². The first-order valence-electron chi connectivity index (χ1n) is 16.6. The highest BCUT2D eigenvalue weighted by atomic mass is 15.0. The maximum Gasteiger partial charge on any atom is 0.164 e. The molecule has 5 atom stereocenters. The third-order valence-corrected chi connectivity index (χ3v) is 11.0. The minimum absolute atomic E-state index is 0.165. The molecule has 1 spiro atoms. The predicted molar refractivity (Wildman–Crippen MR) is 183 cm³/mol. The molecule has 1 heterocycles. The van der Waals surface area contributed by atoms with Crippen molar-refractivity contribution >= 4 is 11.1 Å². The molecule has 5 aliphatic carbocycles. The number of allylic oxidation sites excluding steroid dienone is 10. The highest BCUT2D eigenvalue weighted by Crippen LogP contribution is 2.67. The summed E-state index contributed by atoms with van der Waals surface area (Å²) in [6.07, 6.45) is 20.5. The molecule has 3 aromatic carbocycles. The fraction of sp³-hybridized carbons (Fsp3) is 0.262. The number of nitrogens with zero attached hydrogens (tertiary/aromatic N) is 3. The Labute approximate surface area is 265 Å². The van der Waals surface area contributed by atoms with E-state index in [1.54, 1.807) is 11.1 Å². The van der Waals surface area contributed by atoms with Crippen molar-refractivity contribution in [3.63, 3.8) is 0 Å². The summed E-state index contributed by atoms with van der Waals surface area (Å²) in [6.45, 7) is 4.70. The van der Waals surface area contributed by atoms with Crippen molar-refractivity contribution in [1.82, 2.24) is 15.0 Å². The lowest BCUT2D eigenvalue weighted by atomic mass is 9.62. The molecule has 0 fully saturated rings. The van der Waals surface area contributed by atoms with E-state index >= 15 is 0 Å². The summed E-state index contributed by atoms with van der Waals surface area (Å²) in [7, 11) is 0. The molecule has 0 amide bonds. The number of aromatic nitrogens is 3. The molecule has 5 unspecified atom stereocenters. The van der Waals surface area contributed by atoms with E-state index in [0.717, 1.165) is 47.9 Å². The molecule has 5 aliphatic rings. The van der Waals surface area contributed by atoms with Gasteiger partial charge in [0.1, 0.15) is 0 Å². The van der Waals surface area contributed by atoms with Crippen LogP contribution in [0.3, 0.4) is 0 Å². The van der Waals surface area contributed by atoms with Gasteiger partial charge in [-0.25, -0.2) is 15.0 Å². The lowest BCUT2D eigenvalue weighted by Crippen LogP contribution is -2.35. The maximum atomic E-state index is 5.21. The normalized spacial score (nSPS) is 27.3. The molecule has 45 heavy (non-hydrogen) atoms. The Morgan fingerprint density at radius 2 is 1.51 bits per heavy atom. The van der Waals surface area contributed by atoms with Gasteiger partial charge in [0, 0.05) is 34.0 Å². The van der Waals surface area contributed by atoms with E-state index in [2.05, 4.69) is 123 Å². The second-order valence-corrected chi connectivity index (χ2v) is 13.6. The summed E-state index contributed by atoms with van der Waals surface area (Å²) in [4.78, 5) is 15.4. The van der Waals surface area contributed by atoms with Crippen LogP contribution in [0.1, 0.15) is 73.5 Å². The summed E-state index contributed by atoms with van der Waals surface area (Å²) < 4.78 is 0. The Balaban J connectivity index is 1.28. The van der Waals surface area contributed by atoms with Gasteiger partial charge in [-0.05, 0) is 71.4 Å². The zero-order valence-corrected chi connectivity index (χ0v) is 25.9. The molecule has 3 nitrogen and oxygen atoms in total. The minimum atomic E-state index is -0.165. The average Bonchev–Trinajstić information content (AvgIpc) is 3.55. The van der Waals surface area contributed by atoms with Gasteiger partial charge in [0.2, 0.25) is 0 Å². The van der Waals surface area contributed by atoms with Crippen molar-refractivity contribution in [2.24, 2.45) is 17.8 Å². The van der Waals surface area contributed by atoms with Crippen LogP contribution >= 0.6 is 0 Å². The van der Waals surface area contributed by atoms with Crippen molar-refractivity contribution in [1.29, 1.82) is 0 Å². The maximum absolute atomic E-state index is 5.21. The van der Waals surface area contributed by atoms with Crippen LogP contribution in [0.15, 0.2) is 121 Å². The lowest BCUT2D eigenvalue weighted by Gasteiger charge is -2.40. The van der Waals surface area contributed by atoms with E-state index < -0.39 is 0 Å². The molecule has 4 aromatic rings. The SMILES string of the molecule is CC1CCC2=C(C1)C1(c3cc(-c4nc(C5=CC=CCC5C)nc(-c5ccccc5)n4)ccc32)c2ccccc2C2C=CC=CC21. The Hall–Kier alpha value is -4.63. The van der Waals surface area contributed by atoms with Crippen molar-refractivity contribution in [2.75, 3.05) is 0 Å². The molecule has 0 radical (unpaired) electrons. The molecule has 0 saturated carbocycles. The molecular weight excluding hydrogens is 546 g/mol. The Kier molecular flexibility index (Phi) is 6.06. The molecule has 0 saturated heterocycles. The van der Waals surface area contributed by atoms with Gasteiger partial charge in [-0.15, -0.1) is 0 Å². The van der Waals surface area contributed by atoms with Crippen LogP contribution in [0.4, 0.5) is 0 Å². The molecular formula is C42H37N3. The summed E-state index contributed by atoms with van der Waals surface area (Å²) in [6, 6.07) is 26.7. The van der Waals surface area contributed by atoms with Crippen LogP contribution in [0.5, 0.6) is 0 Å². The molecule has 0 N–H and O–H groups in total. The molecule has 9 rings (SSSR count). The van der Waals surface area contributed by atoms with Crippen LogP contribution < -0.4 is 0 Å².